The molecule has 0 N–H and O–H groups in total. The van der Waals surface area contributed by atoms with Crippen LogP contribution >= 0.6 is 0 Å². The van der Waals surface area contributed by atoms with Gasteiger partial charge in [-0.1, -0.05) is 6.07 Å². The zero-order valence-corrected chi connectivity index (χ0v) is 9.19. The molecule has 0 saturated carbocycles. The molecule has 2 aromatic rings. The first-order valence-corrected chi connectivity index (χ1v) is 4.88. The summed E-state index contributed by atoms with van der Waals surface area (Å²) in [6.07, 6.45) is 0. The lowest BCUT2D eigenvalue weighted by molar-refractivity contribution is 0.100. The van der Waals surface area contributed by atoms with Gasteiger partial charge in [-0.2, -0.15) is 0 Å². The predicted molar refractivity (Wildman–Crippen MR) is 62.9 cm³/mol. The SMILES string of the molecule is C=NC(=O)c1cccc2nc(C)c(C)nc12. The van der Waals surface area contributed by atoms with Crippen molar-refractivity contribution in [2.24, 2.45) is 4.99 Å². The fourth-order valence-electron chi connectivity index (χ4n) is 1.51. The maximum absolute atomic E-state index is 11.5. The number of carbonyl (C=O) groups excluding carboxylic acids is 1. The van der Waals surface area contributed by atoms with Crippen LogP contribution < -0.4 is 0 Å². The van der Waals surface area contributed by atoms with Crippen LogP contribution in [0.15, 0.2) is 23.2 Å². The van der Waals surface area contributed by atoms with Gasteiger partial charge in [0.2, 0.25) is 0 Å². The smallest absolute Gasteiger partial charge is 0.267 e. The number of aliphatic imine (C=N–C) groups is 1. The minimum absolute atomic E-state index is 0.372. The molecule has 1 heterocycles. The molecule has 1 aromatic heterocycles. The van der Waals surface area contributed by atoms with Gasteiger partial charge in [0.25, 0.3) is 5.91 Å². The molecule has 1 aromatic carbocycles. The summed E-state index contributed by atoms with van der Waals surface area (Å²) >= 11 is 0. The molecular formula is C12H11N3O. The molecular weight excluding hydrogens is 202 g/mol. The number of fused-ring (bicyclic) bond motifs is 1. The Morgan fingerprint density at radius 1 is 1.25 bits per heavy atom. The summed E-state index contributed by atoms with van der Waals surface area (Å²) < 4.78 is 0. The molecule has 0 aliphatic heterocycles. The molecule has 0 unspecified atom stereocenters. The predicted octanol–water partition coefficient (Wildman–Crippen LogP) is 2.09. The van der Waals surface area contributed by atoms with Crippen LogP contribution in [-0.2, 0) is 0 Å². The van der Waals surface area contributed by atoms with Crippen LogP contribution in [0.2, 0.25) is 0 Å². The highest BCUT2D eigenvalue weighted by Crippen LogP contribution is 2.17. The fraction of sp³-hybridized carbons (Fsp3) is 0.167. The zero-order valence-electron chi connectivity index (χ0n) is 9.19. The average Bonchev–Trinajstić information content (AvgIpc) is 2.29. The van der Waals surface area contributed by atoms with Crippen LogP contribution in [0.1, 0.15) is 21.7 Å². The third kappa shape index (κ3) is 1.58. The summed E-state index contributed by atoms with van der Waals surface area (Å²) in [5, 5.41) is 0. The van der Waals surface area contributed by atoms with Crippen molar-refractivity contribution in [3.8, 4) is 0 Å². The molecule has 0 aliphatic carbocycles. The molecule has 0 saturated heterocycles. The van der Waals surface area contributed by atoms with E-state index in [9.17, 15) is 4.79 Å². The van der Waals surface area contributed by atoms with Gasteiger partial charge >= 0.3 is 0 Å². The Kier molecular flexibility index (Phi) is 2.48. The first kappa shape index (κ1) is 10.4. The lowest BCUT2D eigenvalue weighted by Crippen LogP contribution is -2.00. The van der Waals surface area contributed by atoms with Gasteiger partial charge in [-0.25, -0.2) is 15.0 Å². The maximum atomic E-state index is 11.5. The molecule has 0 atom stereocenters. The lowest BCUT2D eigenvalue weighted by atomic mass is 10.1. The number of carbonyl (C=O) groups is 1. The van der Waals surface area contributed by atoms with Crippen LogP contribution in [0.5, 0.6) is 0 Å². The van der Waals surface area contributed by atoms with Crippen molar-refractivity contribution in [3.05, 3.63) is 35.2 Å². The Hall–Kier alpha value is -2.10. The highest BCUT2D eigenvalue weighted by molar-refractivity contribution is 6.06. The van der Waals surface area contributed by atoms with Crippen molar-refractivity contribution >= 4 is 23.7 Å². The third-order valence-electron chi connectivity index (χ3n) is 2.48. The second-order valence-corrected chi connectivity index (χ2v) is 3.53. The molecule has 80 valence electrons. The molecule has 0 bridgehead atoms. The van der Waals surface area contributed by atoms with Gasteiger partial charge in [-0.3, -0.25) is 4.79 Å². The standard InChI is InChI=1S/C12H11N3O/c1-7-8(2)15-11-9(12(16)13-3)5-4-6-10(11)14-7/h4-6H,3H2,1-2H3. The molecule has 0 aliphatic rings. The van der Waals surface area contributed by atoms with Crippen molar-refractivity contribution in [2.45, 2.75) is 13.8 Å². The van der Waals surface area contributed by atoms with E-state index in [1.165, 1.54) is 0 Å². The van der Waals surface area contributed by atoms with Crippen LogP contribution in [0, 0.1) is 13.8 Å². The first-order valence-electron chi connectivity index (χ1n) is 4.88. The molecule has 4 nitrogen and oxygen atoms in total. The third-order valence-corrected chi connectivity index (χ3v) is 2.48. The number of hydrogen-bond donors (Lipinski definition) is 0. The van der Waals surface area contributed by atoms with Crippen LogP contribution in [-0.4, -0.2) is 22.6 Å². The van der Waals surface area contributed by atoms with Crippen molar-refractivity contribution in [1.82, 2.24) is 9.97 Å². The van der Waals surface area contributed by atoms with E-state index in [-0.39, 0.29) is 5.91 Å². The average molecular weight is 213 g/mol. The van der Waals surface area contributed by atoms with Gasteiger partial charge in [0.05, 0.1) is 22.5 Å². The Morgan fingerprint density at radius 2 is 1.94 bits per heavy atom. The van der Waals surface area contributed by atoms with E-state index in [0.717, 1.165) is 11.4 Å². The largest absolute Gasteiger partial charge is 0.278 e. The molecule has 1 amide bonds. The minimum atomic E-state index is -0.372. The number of aromatic nitrogens is 2. The Bertz CT molecular complexity index is 590. The van der Waals surface area contributed by atoms with Gasteiger partial charge in [-0.15, -0.1) is 0 Å². The molecule has 16 heavy (non-hydrogen) atoms. The molecule has 0 spiro atoms. The summed E-state index contributed by atoms with van der Waals surface area (Å²) in [4.78, 5) is 23.7. The van der Waals surface area contributed by atoms with E-state index in [4.69, 9.17) is 0 Å². The Balaban J connectivity index is 2.81. The molecule has 2 rings (SSSR count). The fourth-order valence-corrected chi connectivity index (χ4v) is 1.51. The summed E-state index contributed by atoms with van der Waals surface area (Å²) in [6, 6.07) is 5.28. The van der Waals surface area contributed by atoms with Gasteiger partial charge in [0.1, 0.15) is 5.52 Å². The lowest BCUT2D eigenvalue weighted by Gasteiger charge is -2.04. The highest BCUT2D eigenvalue weighted by Gasteiger charge is 2.11. The van der Waals surface area contributed by atoms with Gasteiger partial charge < -0.3 is 0 Å². The summed E-state index contributed by atoms with van der Waals surface area (Å²) in [5.74, 6) is -0.372. The monoisotopic (exact) mass is 213 g/mol. The normalized spacial score (nSPS) is 10.4. The number of nitrogens with zero attached hydrogens (tertiary/aromatic N) is 3. The molecule has 4 heteroatoms. The molecule has 0 fully saturated rings. The van der Waals surface area contributed by atoms with Crippen molar-refractivity contribution < 1.29 is 4.79 Å². The summed E-state index contributed by atoms with van der Waals surface area (Å²) in [5.41, 5.74) is 3.42. The van der Waals surface area contributed by atoms with Gasteiger partial charge in [0.15, 0.2) is 0 Å². The Morgan fingerprint density at radius 3 is 2.62 bits per heavy atom. The van der Waals surface area contributed by atoms with Crippen molar-refractivity contribution in [2.75, 3.05) is 0 Å². The topological polar surface area (TPSA) is 55.2 Å². The highest BCUT2D eigenvalue weighted by atomic mass is 16.1. The van der Waals surface area contributed by atoms with Crippen LogP contribution in [0.25, 0.3) is 11.0 Å². The quantitative estimate of drug-likeness (QED) is 0.681. The number of amides is 1. The second kappa shape index (κ2) is 3.81. The van der Waals surface area contributed by atoms with Crippen molar-refractivity contribution in [3.63, 3.8) is 0 Å². The van der Waals surface area contributed by atoms with Gasteiger partial charge in [-0.05, 0) is 32.7 Å². The van der Waals surface area contributed by atoms with E-state index in [0.29, 0.717) is 16.6 Å². The van der Waals surface area contributed by atoms with E-state index in [1.807, 2.05) is 19.9 Å². The van der Waals surface area contributed by atoms with Crippen LogP contribution in [0.3, 0.4) is 0 Å². The van der Waals surface area contributed by atoms with Crippen LogP contribution in [0.4, 0.5) is 0 Å². The number of hydrogen-bond acceptors (Lipinski definition) is 3. The maximum Gasteiger partial charge on any atom is 0.278 e. The van der Waals surface area contributed by atoms with E-state index >= 15 is 0 Å². The van der Waals surface area contributed by atoms with Gasteiger partial charge in [0, 0.05) is 0 Å². The summed E-state index contributed by atoms with van der Waals surface area (Å²) in [7, 11) is 0. The van der Waals surface area contributed by atoms with E-state index < -0.39 is 0 Å². The van der Waals surface area contributed by atoms with E-state index in [2.05, 4.69) is 21.7 Å². The zero-order chi connectivity index (χ0) is 11.7. The first-order chi connectivity index (χ1) is 7.63. The number of rotatable bonds is 1. The molecule has 0 radical (unpaired) electrons. The Labute approximate surface area is 93.1 Å². The van der Waals surface area contributed by atoms with Crippen molar-refractivity contribution in [1.29, 1.82) is 0 Å². The summed E-state index contributed by atoms with van der Waals surface area (Å²) in [6.45, 7) is 6.99. The van der Waals surface area contributed by atoms with E-state index in [1.54, 1.807) is 12.1 Å². The number of benzene rings is 1. The second-order valence-electron chi connectivity index (χ2n) is 3.53. The number of para-hydroxylation sites is 1. The number of aryl methyl sites for hydroxylation is 2. The minimum Gasteiger partial charge on any atom is -0.267 e.